The zero-order chi connectivity index (χ0) is 11.5. The van der Waals surface area contributed by atoms with Crippen LogP contribution in [0.2, 0.25) is 0 Å². The maximum atomic E-state index is 11.4. The molecule has 0 saturated carbocycles. The fourth-order valence-electron chi connectivity index (χ4n) is 1.29. The Morgan fingerprint density at radius 3 is 2.67 bits per heavy atom. The highest BCUT2D eigenvalue weighted by molar-refractivity contribution is 5.76. The van der Waals surface area contributed by atoms with Gasteiger partial charge in [0, 0.05) is 19.1 Å². The highest BCUT2D eigenvalue weighted by atomic mass is 16.5. The van der Waals surface area contributed by atoms with Crippen LogP contribution < -0.4 is 11.1 Å². The first kappa shape index (κ1) is 14.4. The Labute approximate surface area is 92.6 Å². The molecule has 15 heavy (non-hydrogen) atoms. The highest BCUT2D eigenvalue weighted by Crippen LogP contribution is 1.96. The summed E-state index contributed by atoms with van der Waals surface area (Å²) in [5, 5.41) is 2.95. The van der Waals surface area contributed by atoms with Crippen molar-refractivity contribution < 1.29 is 9.53 Å². The molecule has 0 saturated heterocycles. The summed E-state index contributed by atoms with van der Waals surface area (Å²) in [4.78, 5) is 11.4. The molecule has 0 aromatic heterocycles. The number of ether oxygens (including phenoxy) is 1. The Bertz CT molecular complexity index is 163. The molecule has 0 fully saturated rings. The molecule has 3 N–H and O–H groups in total. The minimum atomic E-state index is 0.0615. The molecule has 0 aliphatic carbocycles. The summed E-state index contributed by atoms with van der Waals surface area (Å²) < 4.78 is 5.24. The van der Waals surface area contributed by atoms with Crippen molar-refractivity contribution in [3.63, 3.8) is 0 Å². The van der Waals surface area contributed by atoms with Crippen molar-refractivity contribution in [3.05, 3.63) is 0 Å². The lowest BCUT2D eigenvalue weighted by Gasteiger charge is -2.15. The lowest BCUT2D eigenvalue weighted by Crippen LogP contribution is -2.36. The predicted molar refractivity (Wildman–Crippen MR) is 61.6 cm³/mol. The molecule has 0 heterocycles. The van der Waals surface area contributed by atoms with Gasteiger partial charge in [-0.2, -0.15) is 0 Å². The molecule has 90 valence electrons. The van der Waals surface area contributed by atoms with Crippen LogP contribution in [0.3, 0.4) is 0 Å². The van der Waals surface area contributed by atoms with E-state index in [4.69, 9.17) is 10.5 Å². The van der Waals surface area contributed by atoms with Crippen LogP contribution in [0.25, 0.3) is 0 Å². The van der Waals surface area contributed by atoms with Crippen molar-refractivity contribution >= 4 is 5.91 Å². The van der Waals surface area contributed by atoms with Crippen LogP contribution in [-0.4, -0.2) is 31.7 Å². The van der Waals surface area contributed by atoms with Crippen LogP contribution in [0.15, 0.2) is 0 Å². The molecule has 1 unspecified atom stereocenters. The SMILES string of the molecule is CCCOCCC(=O)NC(CC)CCN. The predicted octanol–water partition coefficient (Wildman–Crippen LogP) is 1.05. The van der Waals surface area contributed by atoms with Crippen molar-refractivity contribution in [1.29, 1.82) is 0 Å². The van der Waals surface area contributed by atoms with Gasteiger partial charge in [-0.25, -0.2) is 0 Å². The number of carbonyl (C=O) groups excluding carboxylic acids is 1. The summed E-state index contributed by atoms with van der Waals surface area (Å²) in [6, 6.07) is 0.216. The fraction of sp³-hybridized carbons (Fsp3) is 0.909. The molecule has 0 aliphatic heterocycles. The number of nitrogens with two attached hydrogens (primary N) is 1. The first-order chi connectivity index (χ1) is 7.24. The van der Waals surface area contributed by atoms with E-state index < -0.39 is 0 Å². The van der Waals surface area contributed by atoms with E-state index in [0.717, 1.165) is 25.9 Å². The van der Waals surface area contributed by atoms with Crippen molar-refractivity contribution in [2.24, 2.45) is 5.73 Å². The van der Waals surface area contributed by atoms with E-state index in [2.05, 4.69) is 12.2 Å². The largest absolute Gasteiger partial charge is 0.381 e. The first-order valence-electron chi connectivity index (χ1n) is 5.81. The molecule has 0 aliphatic rings. The third-order valence-electron chi connectivity index (χ3n) is 2.19. The molecule has 0 bridgehead atoms. The molecular weight excluding hydrogens is 192 g/mol. The van der Waals surface area contributed by atoms with E-state index in [9.17, 15) is 4.79 Å². The smallest absolute Gasteiger partial charge is 0.222 e. The zero-order valence-electron chi connectivity index (χ0n) is 9.92. The molecule has 0 aromatic rings. The average molecular weight is 216 g/mol. The molecule has 4 heteroatoms. The molecule has 0 aromatic carbocycles. The second-order valence-electron chi connectivity index (χ2n) is 3.61. The van der Waals surface area contributed by atoms with Crippen molar-refractivity contribution in [1.82, 2.24) is 5.32 Å². The van der Waals surface area contributed by atoms with Crippen molar-refractivity contribution in [2.45, 2.75) is 45.6 Å². The van der Waals surface area contributed by atoms with Crippen molar-refractivity contribution in [2.75, 3.05) is 19.8 Å². The van der Waals surface area contributed by atoms with Gasteiger partial charge >= 0.3 is 0 Å². The minimum absolute atomic E-state index is 0.0615. The Hall–Kier alpha value is -0.610. The Balaban J connectivity index is 3.52. The van der Waals surface area contributed by atoms with Crippen LogP contribution in [0.1, 0.15) is 39.5 Å². The molecule has 1 atom stereocenters. The van der Waals surface area contributed by atoms with Crippen LogP contribution in [0, 0.1) is 0 Å². The minimum Gasteiger partial charge on any atom is -0.381 e. The van der Waals surface area contributed by atoms with Gasteiger partial charge in [-0.1, -0.05) is 13.8 Å². The number of carbonyl (C=O) groups is 1. The number of nitrogens with one attached hydrogen (secondary N) is 1. The van der Waals surface area contributed by atoms with Gasteiger partial charge in [-0.05, 0) is 25.8 Å². The lowest BCUT2D eigenvalue weighted by molar-refractivity contribution is -0.122. The maximum absolute atomic E-state index is 11.4. The quantitative estimate of drug-likeness (QED) is 0.566. The maximum Gasteiger partial charge on any atom is 0.222 e. The summed E-state index contributed by atoms with van der Waals surface area (Å²) in [7, 11) is 0. The molecule has 0 rings (SSSR count). The van der Waals surface area contributed by atoms with E-state index in [1.165, 1.54) is 0 Å². The van der Waals surface area contributed by atoms with Gasteiger partial charge in [0.25, 0.3) is 0 Å². The topological polar surface area (TPSA) is 64.3 Å². The van der Waals surface area contributed by atoms with Gasteiger partial charge in [0.05, 0.1) is 6.61 Å². The third-order valence-corrected chi connectivity index (χ3v) is 2.19. The monoisotopic (exact) mass is 216 g/mol. The number of rotatable bonds is 9. The van der Waals surface area contributed by atoms with Crippen LogP contribution in [-0.2, 0) is 9.53 Å². The van der Waals surface area contributed by atoms with Crippen LogP contribution >= 0.6 is 0 Å². The second-order valence-corrected chi connectivity index (χ2v) is 3.61. The van der Waals surface area contributed by atoms with E-state index in [1.807, 2.05) is 6.92 Å². The van der Waals surface area contributed by atoms with Gasteiger partial charge in [-0.15, -0.1) is 0 Å². The van der Waals surface area contributed by atoms with Gasteiger partial charge in [0.2, 0.25) is 5.91 Å². The normalized spacial score (nSPS) is 12.5. The third kappa shape index (κ3) is 8.39. The van der Waals surface area contributed by atoms with E-state index >= 15 is 0 Å². The molecule has 1 amide bonds. The van der Waals surface area contributed by atoms with Gasteiger partial charge in [0.15, 0.2) is 0 Å². The second kappa shape index (κ2) is 9.93. The highest BCUT2D eigenvalue weighted by Gasteiger charge is 2.08. The van der Waals surface area contributed by atoms with Gasteiger partial charge in [-0.3, -0.25) is 4.79 Å². The van der Waals surface area contributed by atoms with Crippen LogP contribution in [0.5, 0.6) is 0 Å². The van der Waals surface area contributed by atoms with Gasteiger partial charge < -0.3 is 15.8 Å². The Kier molecular flexibility index (Phi) is 9.52. The molecular formula is C11H24N2O2. The zero-order valence-corrected chi connectivity index (χ0v) is 9.92. The summed E-state index contributed by atoms with van der Waals surface area (Å²) in [5.74, 6) is 0.0615. The molecule has 0 spiro atoms. The summed E-state index contributed by atoms with van der Waals surface area (Å²) >= 11 is 0. The standard InChI is InChI=1S/C11H24N2O2/c1-3-8-15-9-6-11(14)13-10(4-2)5-7-12/h10H,3-9,12H2,1-2H3,(H,13,14). The van der Waals surface area contributed by atoms with Crippen molar-refractivity contribution in [3.8, 4) is 0 Å². The van der Waals surface area contributed by atoms with E-state index in [1.54, 1.807) is 0 Å². The van der Waals surface area contributed by atoms with Gasteiger partial charge in [0.1, 0.15) is 0 Å². The fourth-order valence-corrected chi connectivity index (χ4v) is 1.29. The van der Waals surface area contributed by atoms with E-state index in [-0.39, 0.29) is 11.9 Å². The summed E-state index contributed by atoms with van der Waals surface area (Å²) in [5.41, 5.74) is 5.44. The van der Waals surface area contributed by atoms with Crippen LogP contribution in [0.4, 0.5) is 0 Å². The average Bonchev–Trinajstić information content (AvgIpc) is 2.24. The molecule has 4 nitrogen and oxygen atoms in total. The van der Waals surface area contributed by atoms with E-state index in [0.29, 0.717) is 19.6 Å². The number of amides is 1. The first-order valence-corrected chi connectivity index (χ1v) is 5.81. The number of hydrogen-bond acceptors (Lipinski definition) is 3. The summed E-state index contributed by atoms with van der Waals surface area (Å²) in [6.07, 6.45) is 3.21. The lowest BCUT2D eigenvalue weighted by atomic mass is 10.1. The Morgan fingerprint density at radius 1 is 1.40 bits per heavy atom. The number of hydrogen-bond donors (Lipinski definition) is 2. The molecule has 0 radical (unpaired) electrons. The Morgan fingerprint density at radius 2 is 2.13 bits per heavy atom. The summed E-state index contributed by atoms with van der Waals surface area (Å²) in [6.45, 7) is 5.96.